The predicted octanol–water partition coefficient (Wildman–Crippen LogP) is 3.01. The van der Waals surface area contributed by atoms with Gasteiger partial charge in [-0.2, -0.15) is 10.2 Å². The lowest BCUT2D eigenvalue weighted by atomic mass is 9.54. The topological polar surface area (TPSA) is 44.9 Å². The van der Waals surface area contributed by atoms with Crippen molar-refractivity contribution in [3.05, 3.63) is 30.6 Å². The Hall–Kier alpha value is -2.08. The van der Waals surface area contributed by atoms with Gasteiger partial charge in [-0.3, -0.25) is 9.36 Å². The lowest BCUT2D eigenvalue weighted by Crippen LogP contribution is -2.36. The maximum Gasteiger partial charge on any atom is 0.327 e. The Bertz CT molecular complexity index is 938. The van der Waals surface area contributed by atoms with E-state index in [2.05, 4.69) is 51.0 Å². The van der Waals surface area contributed by atoms with Gasteiger partial charge in [-0.25, -0.2) is 0 Å². The maximum atomic E-state index is 6.41. The Balaban J connectivity index is 1.81. The average molecular weight is 336 g/mol. The first-order valence-corrected chi connectivity index (χ1v) is 8.81. The summed E-state index contributed by atoms with van der Waals surface area (Å²) in [4.78, 5) is 0. The molecule has 130 valence electrons. The van der Waals surface area contributed by atoms with Gasteiger partial charge in [-0.1, -0.05) is 26.0 Å². The van der Waals surface area contributed by atoms with Crippen LogP contribution >= 0.6 is 0 Å². The van der Waals surface area contributed by atoms with Crippen molar-refractivity contribution in [3.63, 3.8) is 0 Å². The van der Waals surface area contributed by atoms with Gasteiger partial charge in [-0.15, -0.1) is 0 Å². The normalized spacial score (nSPS) is 19.0. The van der Waals surface area contributed by atoms with Gasteiger partial charge in [-0.05, 0) is 37.1 Å². The van der Waals surface area contributed by atoms with Crippen LogP contribution in [0, 0.1) is 5.41 Å². The molecule has 0 radical (unpaired) electrons. The summed E-state index contributed by atoms with van der Waals surface area (Å²) in [7, 11) is 3.91. The number of hydrogen-bond acceptors (Lipinski definition) is 3. The molecule has 1 aromatic carbocycles. The minimum absolute atomic E-state index is 0.122. The summed E-state index contributed by atoms with van der Waals surface area (Å²) in [6.07, 6.45) is 4.90. The molecule has 0 saturated carbocycles. The highest BCUT2D eigenvalue weighted by atomic mass is 16.5. The van der Waals surface area contributed by atoms with Crippen molar-refractivity contribution in [2.24, 2.45) is 19.5 Å². The summed E-state index contributed by atoms with van der Waals surface area (Å²) < 4.78 is 10.2. The standard InChI is InChI=1S/C19H25BN4O/c1-18(2)12-20(25-19(18,3)4)14-7-8-16-15(9-14)17(22-24(16)6)13-10-21-23(5)11-13/h7-11H,12H2,1-6H3. The molecule has 0 amide bonds. The van der Waals surface area contributed by atoms with Crippen LogP contribution in [0.3, 0.4) is 0 Å². The van der Waals surface area contributed by atoms with Crippen LogP contribution in [0.2, 0.25) is 6.32 Å². The van der Waals surface area contributed by atoms with Crippen LogP contribution in [0.1, 0.15) is 27.7 Å². The highest BCUT2D eigenvalue weighted by Crippen LogP contribution is 2.45. The quantitative estimate of drug-likeness (QED) is 0.676. The van der Waals surface area contributed by atoms with Crippen molar-refractivity contribution < 1.29 is 4.65 Å². The van der Waals surface area contributed by atoms with Crippen molar-refractivity contribution in [3.8, 4) is 11.3 Å². The van der Waals surface area contributed by atoms with Crippen molar-refractivity contribution in [2.45, 2.75) is 39.6 Å². The molecule has 1 saturated heterocycles. The molecule has 0 spiro atoms. The molecule has 5 nitrogen and oxygen atoms in total. The molecule has 25 heavy (non-hydrogen) atoms. The third-order valence-corrected chi connectivity index (χ3v) is 5.99. The minimum atomic E-state index is -0.131. The molecule has 4 rings (SSSR count). The largest absolute Gasteiger partial charge is 0.426 e. The molecule has 2 aromatic heterocycles. The van der Waals surface area contributed by atoms with Crippen LogP contribution in [0.25, 0.3) is 22.2 Å². The van der Waals surface area contributed by atoms with Gasteiger partial charge in [0.2, 0.25) is 0 Å². The number of rotatable bonds is 2. The fourth-order valence-electron chi connectivity index (χ4n) is 3.69. The molecule has 3 heterocycles. The second kappa shape index (κ2) is 5.21. The fraction of sp³-hybridized carbons (Fsp3) is 0.474. The second-order valence-corrected chi connectivity index (χ2v) is 8.36. The first-order valence-electron chi connectivity index (χ1n) is 8.81. The van der Waals surface area contributed by atoms with Gasteiger partial charge in [0.25, 0.3) is 0 Å². The van der Waals surface area contributed by atoms with Crippen molar-refractivity contribution in [2.75, 3.05) is 0 Å². The van der Waals surface area contributed by atoms with Crippen LogP contribution in [0.4, 0.5) is 0 Å². The fourth-order valence-corrected chi connectivity index (χ4v) is 3.69. The van der Waals surface area contributed by atoms with Gasteiger partial charge in [0, 0.05) is 31.2 Å². The summed E-state index contributed by atoms with van der Waals surface area (Å²) in [5.74, 6) is 0. The maximum absolute atomic E-state index is 6.41. The average Bonchev–Trinajstić information content (AvgIpc) is 3.15. The van der Waals surface area contributed by atoms with Gasteiger partial charge in [0.05, 0.1) is 17.3 Å². The van der Waals surface area contributed by atoms with Gasteiger partial charge < -0.3 is 4.65 Å². The lowest BCUT2D eigenvalue weighted by Gasteiger charge is -2.34. The van der Waals surface area contributed by atoms with E-state index in [1.54, 1.807) is 0 Å². The van der Waals surface area contributed by atoms with E-state index >= 15 is 0 Å². The van der Waals surface area contributed by atoms with Crippen molar-refractivity contribution in [1.82, 2.24) is 19.6 Å². The SMILES string of the molecule is Cn1cc(-c2nn(C)c3ccc(B4CC(C)(C)C(C)(C)O4)cc23)cn1. The Morgan fingerprint density at radius 3 is 2.52 bits per heavy atom. The molecule has 1 aliphatic rings. The number of fused-ring (bicyclic) bond motifs is 1. The highest BCUT2D eigenvalue weighted by molar-refractivity contribution is 6.68. The first-order chi connectivity index (χ1) is 11.7. The van der Waals surface area contributed by atoms with E-state index in [1.807, 2.05) is 35.9 Å². The van der Waals surface area contributed by atoms with Crippen LogP contribution in [0.15, 0.2) is 30.6 Å². The number of nitrogens with zero attached hydrogens (tertiary/aromatic N) is 4. The number of aromatic nitrogens is 4. The summed E-state index contributed by atoms with van der Waals surface area (Å²) in [5, 5.41) is 10.2. The summed E-state index contributed by atoms with van der Waals surface area (Å²) in [6, 6.07) is 6.57. The predicted molar refractivity (Wildman–Crippen MR) is 102 cm³/mol. The van der Waals surface area contributed by atoms with E-state index in [0.29, 0.717) is 0 Å². The number of aryl methyl sites for hydroxylation is 2. The zero-order chi connectivity index (χ0) is 18.0. The van der Waals surface area contributed by atoms with Crippen LogP contribution < -0.4 is 5.46 Å². The van der Waals surface area contributed by atoms with E-state index in [9.17, 15) is 0 Å². The van der Waals surface area contributed by atoms with E-state index in [4.69, 9.17) is 9.75 Å². The van der Waals surface area contributed by atoms with E-state index in [0.717, 1.165) is 28.5 Å². The van der Waals surface area contributed by atoms with Gasteiger partial charge >= 0.3 is 6.92 Å². The zero-order valence-corrected chi connectivity index (χ0v) is 15.9. The second-order valence-electron chi connectivity index (χ2n) is 8.36. The Labute approximate surface area is 149 Å². The molecular formula is C19H25BN4O. The summed E-state index contributed by atoms with van der Waals surface area (Å²) in [5.41, 5.74) is 4.38. The van der Waals surface area contributed by atoms with Crippen molar-refractivity contribution >= 4 is 23.3 Å². The Kier molecular flexibility index (Phi) is 3.42. The molecule has 0 N–H and O–H groups in total. The molecule has 1 fully saturated rings. The van der Waals surface area contributed by atoms with Crippen LogP contribution in [-0.4, -0.2) is 32.1 Å². The monoisotopic (exact) mass is 336 g/mol. The third kappa shape index (κ3) is 2.51. The smallest absolute Gasteiger partial charge is 0.327 e. The summed E-state index contributed by atoms with van der Waals surface area (Å²) in [6.45, 7) is 9.08. The van der Waals surface area contributed by atoms with Crippen LogP contribution in [0.5, 0.6) is 0 Å². The van der Waals surface area contributed by atoms with Gasteiger partial charge in [0.1, 0.15) is 5.69 Å². The molecule has 1 aliphatic heterocycles. The summed E-state index contributed by atoms with van der Waals surface area (Å²) >= 11 is 0. The molecular weight excluding hydrogens is 311 g/mol. The van der Waals surface area contributed by atoms with Crippen LogP contribution in [-0.2, 0) is 18.7 Å². The molecule has 3 aromatic rings. The van der Waals surface area contributed by atoms with Gasteiger partial charge in [0.15, 0.2) is 0 Å². The molecule has 0 aliphatic carbocycles. The zero-order valence-electron chi connectivity index (χ0n) is 15.9. The van der Waals surface area contributed by atoms with E-state index in [-0.39, 0.29) is 17.9 Å². The molecule has 6 heteroatoms. The third-order valence-electron chi connectivity index (χ3n) is 5.99. The molecule has 0 unspecified atom stereocenters. The first kappa shape index (κ1) is 16.4. The minimum Gasteiger partial charge on any atom is -0.426 e. The van der Waals surface area contributed by atoms with E-state index < -0.39 is 0 Å². The molecule has 0 atom stereocenters. The number of hydrogen-bond donors (Lipinski definition) is 0. The Morgan fingerprint density at radius 1 is 1.16 bits per heavy atom. The highest BCUT2D eigenvalue weighted by Gasteiger charge is 2.49. The Morgan fingerprint density at radius 2 is 1.92 bits per heavy atom. The lowest BCUT2D eigenvalue weighted by molar-refractivity contribution is 0.0375. The van der Waals surface area contributed by atoms with Crippen molar-refractivity contribution in [1.29, 1.82) is 0 Å². The van der Waals surface area contributed by atoms with E-state index in [1.165, 1.54) is 5.46 Å². The molecule has 0 bridgehead atoms. The number of benzene rings is 1.